The van der Waals surface area contributed by atoms with Crippen LogP contribution in [0, 0.1) is 0 Å². The van der Waals surface area contributed by atoms with Gasteiger partial charge in [0, 0.05) is 17.1 Å². The molecule has 0 aromatic carbocycles. The minimum absolute atomic E-state index is 0.0368. The van der Waals surface area contributed by atoms with E-state index in [1.54, 1.807) is 6.20 Å². The van der Waals surface area contributed by atoms with Crippen LogP contribution in [0.4, 0.5) is 17.5 Å². The van der Waals surface area contributed by atoms with E-state index >= 15 is 0 Å². The van der Waals surface area contributed by atoms with Crippen LogP contribution in [0.25, 0.3) is 10.2 Å². The summed E-state index contributed by atoms with van der Waals surface area (Å²) in [5.41, 5.74) is 2.31. The molecule has 3 N–H and O–H groups in total. The number of hydrogen-bond acceptors (Lipinski definition) is 8. The average molecular weight is 443 g/mol. The molecule has 31 heavy (non-hydrogen) atoms. The Balaban J connectivity index is 1.37. The number of aromatic nitrogens is 4. The molecule has 2 aliphatic rings. The molecule has 3 heterocycles. The second-order valence-corrected chi connectivity index (χ2v) is 9.45. The number of thiophene rings is 1. The zero-order valence-corrected chi connectivity index (χ0v) is 18.6. The number of anilines is 3. The van der Waals surface area contributed by atoms with Gasteiger partial charge in [0.1, 0.15) is 10.6 Å². The standard InChI is InChI=1S/C22H30N6O2S/c29-10-12-30-11-9-28-14-16(13-23-28)25-22-26-20(24-15-5-2-1-3-6-15)19-17-7-4-8-18(17)31-21(19)27-22/h13-15,29H,1-12H2,(H2,24,25,26,27). The van der Waals surface area contributed by atoms with Crippen molar-refractivity contribution in [3.05, 3.63) is 22.8 Å². The lowest BCUT2D eigenvalue weighted by atomic mass is 9.95. The van der Waals surface area contributed by atoms with Crippen molar-refractivity contribution in [2.45, 2.75) is 64.0 Å². The van der Waals surface area contributed by atoms with Crippen LogP contribution in [0.1, 0.15) is 49.0 Å². The minimum Gasteiger partial charge on any atom is -0.394 e. The maximum Gasteiger partial charge on any atom is 0.230 e. The number of aliphatic hydroxyl groups excluding tert-OH is 1. The highest BCUT2D eigenvalue weighted by atomic mass is 32.1. The van der Waals surface area contributed by atoms with E-state index in [1.165, 1.54) is 54.4 Å². The van der Waals surface area contributed by atoms with E-state index in [0.717, 1.165) is 29.2 Å². The van der Waals surface area contributed by atoms with Crippen LogP contribution >= 0.6 is 11.3 Å². The van der Waals surface area contributed by atoms with Gasteiger partial charge >= 0.3 is 0 Å². The zero-order chi connectivity index (χ0) is 21.0. The summed E-state index contributed by atoms with van der Waals surface area (Å²) in [6.45, 7) is 1.53. The number of aryl methyl sites for hydroxylation is 2. The molecule has 0 amide bonds. The second kappa shape index (κ2) is 9.50. The number of fused-ring (bicyclic) bond motifs is 3. The highest BCUT2D eigenvalue weighted by molar-refractivity contribution is 7.19. The maximum atomic E-state index is 8.80. The van der Waals surface area contributed by atoms with Crippen LogP contribution < -0.4 is 10.6 Å². The fourth-order valence-corrected chi connectivity index (χ4v) is 5.86. The topological polar surface area (TPSA) is 97.1 Å². The summed E-state index contributed by atoms with van der Waals surface area (Å²) in [5, 5.41) is 21.5. The fourth-order valence-electron chi connectivity index (χ4n) is 4.60. The second-order valence-electron chi connectivity index (χ2n) is 8.37. The molecule has 1 saturated carbocycles. The Bertz CT molecular complexity index is 1030. The summed E-state index contributed by atoms with van der Waals surface area (Å²) in [6.07, 6.45) is 13.6. The first-order valence-electron chi connectivity index (χ1n) is 11.4. The van der Waals surface area contributed by atoms with E-state index in [-0.39, 0.29) is 6.61 Å². The molecular weight excluding hydrogens is 412 g/mol. The Morgan fingerprint density at radius 3 is 2.90 bits per heavy atom. The molecule has 3 aromatic rings. The van der Waals surface area contributed by atoms with Crippen LogP contribution in [0.3, 0.4) is 0 Å². The minimum atomic E-state index is 0.0368. The van der Waals surface area contributed by atoms with Crippen molar-refractivity contribution in [1.29, 1.82) is 0 Å². The van der Waals surface area contributed by atoms with Crippen molar-refractivity contribution in [2.75, 3.05) is 30.5 Å². The average Bonchev–Trinajstić information content (AvgIpc) is 3.48. The lowest BCUT2D eigenvalue weighted by Gasteiger charge is -2.24. The van der Waals surface area contributed by atoms with E-state index < -0.39 is 0 Å². The van der Waals surface area contributed by atoms with Gasteiger partial charge in [-0.25, -0.2) is 4.98 Å². The Morgan fingerprint density at radius 2 is 2.03 bits per heavy atom. The summed E-state index contributed by atoms with van der Waals surface area (Å²) >= 11 is 1.82. The summed E-state index contributed by atoms with van der Waals surface area (Å²) in [7, 11) is 0. The number of hydrogen-bond donors (Lipinski definition) is 3. The lowest BCUT2D eigenvalue weighted by Crippen LogP contribution is -2.23. The summed E-state index contributed by atoms with van der Waals surface area (Å²) in [6, 6.07) is 0.498. The molecule has 2 aliphatic carbocycles. The predicted molar refractivity (Wildman–Crippen MR) is 123 cm³/mol. The van der Waals surface area contributed by atoms with Crippen molar-refractivity contribution in [2.24, 2.45) is 0 Å². The molecule has 0 bridgehead atoms. The molecule has 0 unspecified atom stereocenters. The fraction of sp³-hybridized carbons (Fsp3) is 0.591. The Labute approximate surface area is 186 Å². The Kier molecular flexibility index (Phi) is 6.33. The molecule has 0 radical (unpaired) electrons. The van der Waals surface area contributed by atoms with E-state index in [0.29, 0.717) is 31.7 Å². The monoisotopic (exact) mass is 442 g/mol. The number of ether oxygens (including phenoxy) is 1. The molecule has 0 aliphatic heterocycles. The number of rotatable bonds is 9. The van der Waals surface area contributed by atoms with Crippen LogP contribution in [-0.2, 0) is 24.1 Å². The summed E-state index contributed by atoms with van der Waals surface area (Å²) in [4.78, 5) is 12.3. The van der Waals surface area contributed by atoms with E-state index in [4.69, 9.17) is 19.8 Å². The van der Waals surface area contributed by atoms with Crippen molar-refractivity contribution in [1.82, 2.24) is 19.7 Å². The largest absolute Gasteiger partial charge is 0.394 e. The molecular formula is C22H30N6O2S. The number of nitrogens with one attached hydrogen (secondary N) is 2. The molecule has 0 spiro atoms. The molecule has 1 fully saturated rings. The van der Waals surface area contributed by atoms with Crippen LogP contribution in [0.2, 0.25) is 0 Å². The Hall–Kier alpha value is -2.23. The van der Waals surface area contributed by atoms with Gasteiger partial charge in [0.25, 0.3) is 0 Å². The molecule has 166 valence electrons. The molecule has 9 heteroatoms. The molecule has 3 aromatic heterocycles. The van der Waals surface area contributed by atoms with Crippen LogP contribution in [0.15, 0.2) is 12.4 Å². The van der Waals surface area contributed by atoms with Gasteiger partial charge < -0.3 is 20.5 Å². The van der Waals surface area contributed by atoms with Crippen LogP contribution in [0.5, 0.6) is 0 Å². The third kappa shape index (κ3) is 4.68. The number of nitrogens with zero attached hydrogens (tertiary/aromatic N) is 4. The highest BCUT2D eigenvalue weighted by Gasteiger charge is 2.24. The van der Waals surface area contributed by atoms with E-state index in [1.807, 2.05) is 22.2 Å². The lowest BCUT2D eigenvalue weighted by molar-refractivity contribution is 0.0854. The highest BCUT2D eigenvalue weighted by Crippen LogP contribution is 2.40. The molecule has 0 saturated heterocycles. The van der Waals surface area contributed by atoms with Gasteiger partial charge in [0.05, 0.1) is 43.6 Å². The van der Waals surface area contributed by atoms with Gasteiger partial charge in [-0.05, 0) is 37.7 Å². The number of aliphatic hydroxyl groups is 1. The first-order chi connectivity index (χ1) is 15.3. The van der Waals surface area contributed by atoms with Crippen LogP contribution in [-0.4, -0.2) is 50.7 Å². The summed E-state index contributed by atoms with van der Waals surface area (Å²) in [5.74, 6) is 1.60. The predicted octanol–water partition coefficient (Wildman–Crippen LogP) is 3.87. The van der Waals surface area contributed by atoms with Crippen molar-refractivity contribution in [3.63, 3.8) is 0 Å². The SMILES string of the molecule is OCCOCCn1cc(Nc2nc(NC3CCCCC3)c3c4c(sc3n2)CCC4)cn1. The smallest absolute Gasteiger partial charge is 0.230 e. The Morgan fingerprint density at radius 1 is 1.13 bits per heavy atom. The van der Waals surface area contributed by atoms with Gasteiger partial charge in [-0.1, -0.05) is 19.3 Å². The third-order valence-corrected chi connectivity index (χ3v) is 7.29. The molecule has 5 rings (SSSR count). The van der Waals surface area contributed by atoms with E-state index in [2.05, 4.69) is 15.7 Å². The summed E-state index contributed by atoms with van der Waals surface area (Å²) < 4.78 is 7.14. The van der Waals surface area contributed by atoms with E-state index in [9.17, 15) is 0 Å². The maximum absolute atomic E-state index is 8.80. The first kappa shape index (κ1) is 20.7. The molecule has 0 atom stereocenters. The zero-order valence-electron chi connectivity index (χ0n) is 17.8. The normalized spacial score (nSPS) is 16.7. The first-order valence-corrected chi connectivity index (χ1v) is 12.2. The quantitative estimate of drug-likeness (QED) is 0.433. The van der Waals surface area contributed by atoms with Gasteiger partial charge in [-0.3, -0.25) is 4.68 Å². The van der Waals surface area contributed by atoms with Gasteiger partial charge in [0.15, 0.2) is 0 Å². The third-order valence-electron chi connectivity index (χ3n) is 6.10. The van der Waals surface area contributed by atoms with Crippen molar-refractivity contribution >= 4 is 39.0 Å². The van der Waals surface area contributed by atoms with Gasteiger partial charge in [-0.15, -0.1) is 11.3 Å². The molecule has 8 nitrogen and oxygen atoms in total. The van der Waals surface area contributed by atoms with Gasteiger partial charge in [-0.2, -0.15) is 10.1 Å². The van der Waals surface area contributed by atoms with Gasteiger partial charge in [0.2, 0.25) is 5.95 Å². The van der Waals surface area contributed by atoms with Crippen molar-refractivity contribution < 1.29 is 9.84 Å². The van der Waals surface area contributed by atoms with Crippen molar-refractivity contribution in [3.8, 4) is 0 Å².